The first-order valence-corrected chi connectivity index (χ1v) is 10.7. The molecule has 0 aliphatic rings. The highest BCUT2D eigenvalue weighted by Gasteiger charge is 2.22. The van der Waals surface area contributed by atoms with E-state index in [1.54, 1.807) is 0 Å². The first kappa shape index (κ1) is 26.0. The van der Waals surface area contributed by atoms with Crippen LogP contribution in [0.15, 0.2) is 84.9 Å². The van der Waals surface area contributed by atoms with Gasteiger partial charge in [0.2, 0.25) is 11.5 Å². The molecule has 0 heterocycles. The molecule has 0 fully saturated rings. The minimum absolute atomic E-state index is 0.178. The van der Waals surface area contributed by atoms with E-state index in [0.29, 0.717) is 11.5 Å². The van der Waals surface area contributed by atoms with E-state index >= 15 is 0 Å². The number of hydrogen-bond donors (Lipinski definition) is 0. The summed E-state index contributed by atoms with van der Waals surface area (Å²) >= 11 is 0. The molecule has 0 bridgehead atoms. The Hall–Kier alpha value is -6.12. The highest BCUT2D eigenvalue weighted by molar-refractivity contribution is 5.56. The summed E-state index contributed by atoms with van der Waals surface area (Å²) < 4.78 is 16.7. The smallest absolute Gasteiger partial charge is 0.318 e. The van der Waals surface area contributed by atoms with Gasteiger partial charge in [-0.15, -0.1) is 0 Å². The summed E-state index contributed by atoms with van der Waals surface area (Å²) in [6.45, 7) is 0. The molecule has 0 spiro atoms. The van der Waals surface area contributed by atoms with Gasteiger partial charge in [-0.3, -0.25) is 40.5 Å². The molecular weight excluding hydrogens is 520 g/mol. The molecular formula is C24H14N4O11. The van der Waals surface area contributed by atoms with Crippen LogP contribution in [0.2, 0.25) is 0 Å². The molecule has 196 valence electrons. The number of rotatable bonds is 10. The van der Waals surface area contributed by atoms with Gasteiger partial charge in [-0.2, -0.15) is 0 Å². The van der Waals surface area contributed by atoms with Gasteiger partial charge >= 0.3 is 11.4 Å². The zero-order chi connectivity index (χ0) is 28.1. The molecule has 0 atom stereocenters. The van der Waals surface area contributed by atoms with Crippen molar-refractivity contribution in [2.75, 3.05) is 0 Å². The van der Waals surface area contributed by atoms with Gasteiger partial charge in [-0.25, -0.2) is 0 Å². The zero-order valence-electron chi connectivity index (χ0n) is 19.4. The quantitative estimate of drug-likeness (QED) is 0.155. The average Bonchev–Trinajstić information content (AvgIpc) is 2.90. The number of hydrogen-bond acceptors (Lipinski definition) is 11. The highest BCUT2D eigenvalue weighted by atomic mass is 16.6. The molecule has 4 aromatic carbocycles. The summed E-state index contributed by atoms with van der Waals surface area (Å²) in [5.74, 6) is 0.826. The molecule has 15 heteroatoms. The fraction of sp³-hybridized carbons (Fsp3) is 0. The van der Waals surface area contributed by atoms with E-state index in [4.69, 9.17) is 14.2 Å². The Morgan fingerprint density at radius 2 is 0.718 bits per heavy atom. The van der Waals surface area contributed by atoms with Crippen LogP contribution in [0.1, 0.15) is 0 Å². The number of nitro benzene ring substituents is 4. The Labute approximate surface area is 217 Å². The topological polar surface area (TPSA) is 200 Å². The molecule has 0 radical (unpaired) electrons. The van der Waals surface area contributed by atoms with Gasteiger partial charge < -0.3 is 14.2 Å². The number of nitro groups is 4. The summed E-state index contributed by atoms with van der Waals surface area (Å²) in [6.07, 6.45) is 0. The molecule has 4 aromatic rings. The lowest BCUT2D eigenvalue weighted by Crippen LogP contribution is -1.96. The number of non-ortho nitro benzene ring substituents is 2. The van der Waals surface area contributed by atoms with Crippen LogP contribution in [0.4, 0.5) is 22.7 Å². The Morgan fingerprint density at radius 3 is 1.00 bits per heavy atom. The predicted octanol–water partition coefficient (Wildman–Crippen LogP) is 6.70. The molecule has 0 aliphatic heterocycles. The molecule has 15 nitrogen and oxygen atoms in total. The van der Waals surface area contributed by atoms with Gasteiger partial charge in [0, 0.05) is 12.1 Å². The van der Waals surface area contributed by atoms with Gasteiger partial charge in [0.1, 0.15) is 23.0 Å². The van der Waals surface area contributed by atoms with Crippen molar-refractivity contribution >= 4 is 22.7 Å². The average molecular weight is 534 g/mol. The number of ether oxygens (including phenoxy) is 3. The molecule has 39 heavy (non-hydrogen) atoms. The maximum Gasteiger partial charge on any atom is 0.318 e. The molecule has 0 N–H and O–H groups in total. The summed E-state index contributed by atoms with van der Waals surface area (Å²) in [4.78, 5) is 41.2. The minimum atomic E-state index is -0.785. The Kier molecular flexibility index (Phi) is 7.24. The van der Waals surface area contributed by atoms with Crippen molar-refractivity contribution in [3.05, 3.63) is 125 Å². The van der Waals surface area contributed by atoms with E-state index in [0.717, 1.165) is 36.4 Å². The lowest BCUT2D eigenvalue weighted by atomic mass is 10.2. The van der Waals surface area contributed by atoms with Crippen molar-refractivity contribution in [3.63, 3.8) is 0 Å². The standard InChI is InChI=1S/C24H14N4O11/c29-25(30)15-1-11-23(21(13-15)27(33)34)38-19-7-3-17(4-8-19)37-18-5-9-20(10-6-18)39-24-12-2-16(26(31)32)14-22(24)28(35)36/h1-14H. The summed E-state index contributed by atoms with van der Waals surface area (Å²) in [6, 6.07) is 18.1. The van der Waals surface area contributed by atoms with Gasteiger partial charge in [0.25, 0.3) is 11.4 Å². The van der Waals surface area contributed by atoms with Crippen LogP contribution in [0.3, 0.4) is 0 Å². The molecule has 0 aromatic heterocycles. The molecule has 4 rings (SSSR count). The number of nitrogens with zero attached hydrogens (tertiary/aromatic N) is 4. The van der Waals surface area contributed by atoms with Crippen molar-refractivity contribution < 1.29 is 33.9 Å². The van der Waals surface area contributed by atoms with E-state index < -0.39 is 42.4 Å². The fourth-order valence-electron chi connectivity index (χ4n) is 3.24. The second kappa shape index (κ2) is 10.9. The third-order valence-corrected chi connectivity index (χ3v) is 5.04. The van der Waals surface area contributed by atoms with E-state index in [2.05, 4.69) is 0 Å². The van der Waals surface area contributed by atoms with Crippen LogP contribution < -0.4 is 14.2 Å². The molecule has 0 saturated carbocycles. The van der Waals surface area contributed by atoms with Crippen molar-refractivity contribution in [2.45, 2.75) is 0 Å². The fourth-order valence-corrected chi connectivity index (χ4v) is 3.24. The van der Waals surface area contributed by atoms with E-state index in [9.17, 15) is 40.5 Å². The van der Waals surface area contributed by atoms with Crippen LogP contribution >= 0.6 is 0 Å². The van der Waals surface area contributed by atoms with E-state index in [1.807, 2.05) is 0 Å². The highest BCUT2D eigenvalue weighted by Crippen LogP contribution is 2.37. The second-order valence-corrected chi connectivity index (χ2v) is 7.58. The van der Waals surface area contributed by atoms with Crippen LogP contribution in [-0.4, -0.2) is 19.7 Å². The Balaban J connectivity index is 1.43. The third-order valence-electron chi connectivity index (χ3n) is 5.04. The first-order chi connectivity index (χ1) is 18.6. The van der Waals surface area contributed by atoms with Gasteiger partial charge in [0.15, 0.2) is 0 Å². The second-order valence-electron chi connectivity index (χ2n) is 7.58. The molecule has 0 unspecified atom stereocenters. The summed E-state index contributed by atoms with van der Waals surface area (Å²) in [5.41, 5.74) is -2.02. The lowest BCUT2D eigenvalue weighted by molar-refractivity contribution is -0.394. The van der Waals surface area contributed by atoms with Crippen LogP contribution in [-0.2, 0) is 0 Å². The van der Waals surface area contributed by atoms with Crippen LogP contribution in [0.5, 0.6) is 34.5 Å². The van der Waals surface area contributed by atoms with Crippen molar-refractivity contribution in [1.82, 2.24) is 0 Å². The Bertz CT molecular complexity index is 1470. The minimum Gasteiger partial charge on any atom is -0.457 e. The lowest BCUT2D eigenvalue weighted by Gasteiger charge is -2.10. The van der Waals surface area contributed by atoms with Gasteiger partial charge in [-0.1, -0.05) is 0 Å². The van der Waals surface area contributed by atoms with Crippen molar-refractivity contribution in [2.24, 2.45) is 0 Å². The van der Waals surface area contributed by atoms with E-state index in [-0.39, 0.29) is 23.0 Å². The molecule has 0 aliphatic carbocycles. The van der Waals surface area contributed by atoms with Crippen molar-refractivity contribution in [3.8, 4) is 34.5 Å². The first-order valence-electron chi connectivity index (χ1n) is 10.7. The van der Waals surface area contributed by atoms with Crippen LogP contribution in [0.25, 0.3) is 0 Å². The maximum atomic E-state index is 11.3. The zero-order valence-corrected chi connectivity index (χ0v) is 19.4. The Morgan fingerprint density at radius 1 is 0.410 bits per heavy atom. The molecule has 0 amide bonds. The number of benzene rings is 4. The normalized spacial score (nSPS) is 10.4. The van der Waals surface area contributed by atoms with Gasteiger partial charge in [0.05, 0.1) is 31.8 Å². The summed E-state index contributed by atoms with van der Waals surface area (Å²) in [7, 11) is 0. The SMILES string of the molecule is O=[N+]([O-])c1ccc(Oc2ccc(Oc3ccc(Oc4ccc([N+](=O)[O-])cc4[N+](=O)[O-])cc3)cc2)c([N+](=O)[O-])c1. The predicted molar refractivity (Wildman–Crippen MR) is 133 cm³/mol. The third kappa shape index (κ3) is 6.18. The monoisotopic (exact) mass is 534 g/mol. The van der Waals surface area contributed by atoms with Gasteiger partial charge in [-0.05, 0) is 60.7 Å². The summed E-state index contributed by atoms with van der Waals surface area (Å²) in [5, 5.41) is 44.3. The van der Waals surface area contributed by atoms with E-state index in [1.165, 1.54) is 48.5 Å². The van der Waals surface area contributed by atoms with Crippen molar-refractivity contribution in [1.29, 1.82) is 0 Å². The largest absolute Gasteiger partial charge is 0.457 e. The molecule has 0 saturated heterocycles. The van der Waals surface area contributed by atoms with Crippen LogP contribution in [0, 0.1) is 40.5 Å². The maximum absolute atomic E-state index is 11.3.